The molecule has 1 aliphatic rings. The molecule has 112 valence electrons. The van der Waals surface area contributed by atoms with E-state index in [1.807, 2.05) is 4.90 Å². The summed E-state index contributed by atoms with van der Waals surface area (Å²) < 4.78 is 39.4. The number of hydrogen-bond acceptors (Lipinski definition) is 2. The third-order valence-corrected chi connectivity index (χ3v) is 3.60. The molecule has 0 aliphatic carbocycles. The Bertz CT molecular complexity index is 433. The maximum absolute atomic E-state index is 13.1. The van der Waals surface area contributed by atoms with Crippen molar-refractivity contribution in [1.82, 2.24) is 5.32 Å². The van der Waals surface area contributed by atoms with E-state index in [-0.39, 0.29) is 0 Å². The summed E-state index contributed by atoms with van der Waals surface area (Å²) in [5.74, 6) is 0.646. The molecule has 20 heavy (non-hydrogen) atoms. The lowest BCUT2D eigenvalue weighted by atomic mass is 10.0. The topological polar surface area (TPSA) is 15.3 Å². The third kappa shape index (κ3) is 3.66. The van der Waals surface area contributed by atoms with Crippen molar-refractivity contribution in [3.63, 3.8) is 0 Å². The van der Waals surface area contributed by atoms with E-state index in [1.54, 1.807) is 12.1 Å². The largest absolute Gasteiger partial charge is 0.418 e. The Morgan fingerprint density at radius 2 is 1.60 bits per heavy atom. The lowest BCUT2D eigenvalue weighted by Gasteiger charge is -2.35. The first-order valence-corrected chi connectivity index (χ1v) is 7.00. The normalized spacial score (nSPS) is 25.1. The van der Waals surface area contributed by atoms with Crippen LogP contribution in [-0.4, -0.2) is 26.2 Å². The van der Waals surface area contributed by atoms with Gasteiger partial charge in [0.05, 0.1) is 5.56 Å². The second kappa shape index (κ2) is 6.04. The Morgan fingerprint density at radius 3 is 2.15 bits per heavy atom. The molecule has 2 nitrogen and oxygen atoms in total. The average Bonchev–Trinajstić information content (AvgIpc) is 2.35. The molecule has 2 rings (SSSR count). The summed E-state index contributed by atoms with van der Waals surface area (Å²) in [4.78, 5) is 1.89. The van der Waals surface area contributed by atoms with Gasteiger partial charge in [-0.2, -0.15) is 13.2 Å². The van der Waals surface area contributed by atoms with Gasteiger partial charge in [-0.15, -0.1) is 0 Å². The van der Waals surface area contributed by atoms with Gasteiger partial charge in [-0.25, -0.2) is 0 Å². The zero-order valence-corrected chi connectivity index (χ0v) is 11.9. The van der Waals surface area contributed by atoms with Crippen molar-refractivity contribution in [1.29, 1.82) is 0 Å². The number of nitrogens with one attached hydrogen (secondary N) is 1. The molecular formula is C15H21F3N2. The Kier molecular flexibility index (Phi) is 4.58. The molecule has 1 saturated heterocycles. The van der Waals surface area contributed by atoms with Gasteiger partial charge in [0.15, 0.2) is 0 Å². The summed E-state index contributed by atoms with van der Waals surface area (Å²) in [6.45, 7) is 7.09. The van der Waals surface area contributed by atoms with Crippen LogP contribution >= 0.6 is 0 Å². The first-order chi connectivity index (χ1) is 9.38. The van der Waals surface area contributed by atoms with E-state index in [4.69, 9.17) is 0 Å². The van der Waals surface area contributed by atoms with Crippen molar-refractivity contribution < 1.29 is 13.2 Å². The van der Waals surface area contributed by atoms with E-state index in [0.717, 1.165) is 13.1 Å². The molecule has 2 unspecified atom stereocenters. The van der Waals surface area contributed by atoms with Crippen LogP contribution in [0.4, 0.5) is 18.9 Å². The number of para-hydroxylation sites is 1. The fourth-order valence-corrected chi connectivity index (χ4v) is 2.72. The highest BCUT2D eigenvalue weighted by molar-refractivity contribution is 5.55. The maximum atomic E-state index is 13.1. The lowest BCUT2D eigenvalue weighted by Crippen LogP contribution is -2.43. The van der Waals surface area contributed by atoms with Crippen LogP contribution in [0.1, 0.15) is 19.4 Å². The number of halogens is 3. The molecule has 0 aromatic heterocycles. The van der Waals surface area contributed by atoms with Gasteiger partial charge in [-0.3, -0.25) is 0 Å². The first kappa shape index (κ1) is 15.2. The predicted octanol–water partition coefficient (Wildman–Crippen LogP) is 3.39. The summed E-state index contributed by atoms with van der Waals surface area (Å²) in [6.07, 6.45) is -4.30. The Balaban J connectivity index is 2.32. The summed E-state index contributed by atoms with van der Waals surface area (Å²) in [7, 11) is 0. The Morgan fingerprint density at radius 1 is 1.05 bits per heavy atom. The number of rotatable bonds is 1. The number of benzene rings is 1. The second-order valence-corrected chi connectivity index (χ2v) is 5.79. The molecule has 1 heterocycles. The van der Waals surface area contributed by atoms with Crippen molar-refractivity contribution in [2.24, 2.45) is 11.8 Å². The van der Waals surface area contributed by atoms with E-state index >= 15 is 0 Å². The second-order valence-electron chi connectivity index (χ2n) is 5.79. The molecule has 0 spiro atoms. The van der Waals surface area contributed by atoms with Crippen LogP contribution in [-0.2, 0) is 6.18 Å². The van der Waals surface area contributed by atoms with Crippen molar-refractivity contribution in [2.45, 2.75) is 20.0 Å². The van der Waals surface area contributed by atoms with Crippen LogP contribution in [0.5, 0.6) is 0 Å². The fourth-order valence-electron chi connectivity index (χ4n) is 2.72. The molecule has 1 aromatic rings. The van der Waals surface area contributed by atoms with Gasteiger partial charge < -0.3 is 10.2 Å². The van der Waals surface area contributed by atoms with Crippen LogP contribution in [0.25, 0.3) is 0 Å². The number of alkyl halides is 3. The van der Waals surface area contributed by atoms with E-state index in [0.29, 0.717) is 30.6 Å². The van der Waals surface area contributed by atoms with Crippen molar-refractivity contribution in [3.05, 3.63) is 29.8 Å². The van der Waals surface area contributed by atoms with Gasteiger partial charge in [0.1, 0.15) is 0 Å². The Labute approximate surface area is 118 Å². The smallest absolute Gasteiger partial charge is 0.370 e. The highest BCUT2D eigenvalue weighted by Gasteiger charge is 2.35. The van der Waals surface area contributed by atoms with Crippen LogP contribution < -0.4 is 10.2 Å². The van der Waals surface area contributed by atoms with Crippen LogP contribution in [0.15, 0.2) is 24.3 Å². The van der Waals surface area contributed by atoms with E-state index in [1.165, 1.54) is 12.1 Å². The van der Waals surface area contributed by atoms with Crippen LogP contribution in [0, 0.1) is 11.8 Å². The molecule has 0 bridgehead atoms. The van der Waals surface area contributed by atoms with E-state index in [9.17, 15) is 13.2 Å². The number of nitrogens with zero attached hydrogens (tertiary/aromatic N) is 1. The monoisotopic (exact) mass is 286 g/mol. The molecule has 1 aromatic carbocycles. The zero-order chi connectivity index (χ0) is 14.8. The first-order valence-electron chi connectivity index (χ1n) is 7.00. The molecule has 0 radical (unpaired) electrons. The zero-order valence-electron chi connectivity index (χ0n) is 11.9. The fraction of sp³-hybridized carbons (Fsp3) is 0.600. The molecule has 1 N–H and O–H groups in total. The van der Waals surface area contributed by atoms with Gasteiger partial charge in [0.25, 0.3) is 0 Å². The van der Waals surface area contributed by atoms with Crippen molar-refractivity contribution in [2.75, 3.05) is 31.1 Å². The number of hydrogen-bond donors (Lipinski definition) is 1. The van der Waals surface area contributed by atoms with Gasteiger partial charge >= 0.3 is 6.18 Å². The summed E-state index contributed by atoms with van der Waals surface area (Å²) >= 11 is 0. The van der Waals surface area contributed by atoms with Crippen LogP contribution in [0.3, 0.4) is 0 Å². The quantitative estimate of drug-likeness (QED) is 0.851. The molecule has 0 amide bonds. The highest BCUT2D eigenvalue weighted by Crippen LogP contribution is 2.37. The van der Waals surface area contributed by atoms with Gasteiger partial charge in [0.2, 0.25) is 0 Å². The van der Waals surface area contributed by atoms with Crippen molar-refractivity contribution >= 4 is 5.69 Å². The molecule has 5 heteroatoms. The van der Waals surface area contributed by atoms with Gasteiger partial charge in [-0.05, 0) is 37.1 Å². The average molecular weight is 286 g/mol. The molecule has 2 atom stereocenters. The molecule has 1 fully saturated rings. The van der Waals surface area contributed by atoms with E-state index in [2.05, 4.69) is 19.2 Å². The summed E-state index contributed by atoms with van der Waals surface area (Å²) in [5.41, 5.74) is -0.228. The third-order valence-electron chi connectivity index (χ3n) is 3.60. The molecule has 1 aliphatic heterocycles. The minimum Gasteiger partial charge on any atom is -0.370 e. The van der Waals surface area contributed by atoms with Gasteiger partial charge in [-0.1, -0.05) is 26.0 Å². The minimum atomic E-state index is -4.30. The van der Waals surface area contributed by atoms with Gasteiger partial charge in [0, 0.05) is 18.8 Å². The molecular weight excluding hydrogens is 265 g/mol. The molecule has 0 saturated carbocycles. The standard InChI is InChI=1S/C15H21F3N2/c1-11-7-19-8-12(2)10-20(9-11)14-6-4-3-5-13(14)15(16,17)18/h3-6,11-12,19H,7-10H2,1-2H3. The summed E-state index contributed by atoms with van der Waals surface area (Å²) in [5, 5.41) is 3.35. The Hall–Kier alpha value is -1.23. The highest BCUT2D eigenvalue weighted by atomic mass is 19.4. The maximum Gasteiger partial charge on any atom is 0.418 e. The van der Waals surface area contributed by atoms with Crippen molar-refractivity contribution in [3.8, 4) is 0 Å². The lowest BCUT2D eigenvalue weighted by molar-refractivity contribution is -0.137. The summed E-state index contributed by atoms with van der Waals surface area (Å²) in [6, 6.07) is 5.88. The predicted molar refractivity (Wildman–Crippen MR) is 74.9 cm³/mol. The van der Waals surface area contributed by atoms with E-state index < -0.39 is 11.7 Å². The number of anilines is 1. The van der Waals surface area contributed by atoms with Crippen LogP contribution in [0.2, 0.25) is 0 Å². The minimum absolute atomic E-state index is 0.306. The SMILES string of the molecule is CC1CNCC(C)CN(c2ccccc2C(F)(F)F)C1.